The number of benzene rings is 2. The summed E-state index contributed by atoms with van der Waals surface area (Å²) in [6.07, 6.45) is 1.85. The molecule has 6 heteroatoms. The first-order valence-corrected chi connectivity index (χ1v) is 10.5. The molecular formula is C24H26N4O2. The Kier molecular flexibility index (Phi) is 5.01. The number of amides is 1. The van der Waals surface area contributed by atoms with Crippen LogP contribution in [0.25, 0.3) is 10.8 Å². The molecule has 2 aliphatic rings. The van der Waals surface area contributed by atoms with E-state index >= 15 is 0 Å². The summed E-state index contributed by atoms with van der Waals surface area (Å²) in [4.78, 5) is 24.2. The standard InChI is InChI=1S/C24H26N4O2/c1-30-22-8-7-18-14-20(6-5-19(18)15-22)24(29)28-16-21(17-28)26-10-12-27(13-11-26)23-4-2-3-9-25-23/h2-9,14-15,21H,10-13,16-17H2,1H3. The van der Waals surface area contributed by atoms with Gasteiger partial charge >= 0.3 is 0 Å². The number of methoxy groups -OCH3 is 1. The van der Waals surface area contributed by atoms with Gasteiger partial charge in [0.2, 0.25) is 0 Å². The molecule has 2 aromatic carbocycles. The van der Waals surface area contributed by atoms with Gasteiger partial charge in [-0.1, -0.05) is 18.2 Å². The van der Waals surface area contributed by atoms with E-state index in [9.17, 15) is 4.79 Å². The maximum absolute atomic E-state index is 12.9. The number of aromatic nitrogens is 1. The molecule has 154 valence electrons. The number of ether oxygens (including phenoxy) is 1. The van der Waals surface area contributed by atoms with Crippen LogP contribution in [0, 0.1) is 0 Å². The van der Waals surface area contributed by atoms with Crippen LogP contribution >= 0.6 is 0 Å². The summed E-state index contributed by atoms with van der Waals surface area (Å²) in [5.41, 5.74) is 0.756. The number of pyridine rings is 1. The second-order valence-electron chi connectivity index (χ2n) is 8.00. The molecule has 2 aliphatic heterocycles. The summed E-state index contributed by atoms with van der Waals surface area (Å²) in [6.45, 7) is 5.61. The fourth-order valence-corrected chi connectivity index (χ4v) is 4.38. The largest absolute Gasteiger partial charge is 0.497 e. The van der Waals surface area contributed by atoms with E-state index in [-0.39, 0.29) is 5.91 Å². The molecule has 5 rings (SSSR count). The highest BCUT2D eigenvalue weighted by atomic mass is 16.5. The highest BCUT2D eigenvalue weighted by Gasteiger charge is 2.36. The van der Waals surface area contributed by atoms with Gasteiger partial charge in [0.05, 0.1) is 7.11 Å². The van der Waals surface area contributed by atoms with Crippen LogP contribution in [-0.4, -0.2) is 73.1 Å². The van der Waals surface area contributed by atoms with Gasteiger partial charge in [0.1, 0.15) is 11.6 Å². The lowest BCUT2D eigenvalue weighted by molar-refractivity contribution is 0.0246. The number of hydrogen-bond acceptors (Lipinski definition) is 5. The third kappa shape index (κ3) is 3.59. The van der Waals surface area contributed by atoms with Crippen molar-refractivity contribution in [1.29, 1.82) is 0 Å². The van der Waals surface area contributed by atoms with Gasteiger partial charge in [-0.05, 0) is 47.2 Å². The molecule has 3 aromatic rings. The number of anilines is 1. The van der Waals surface area contributed by atoms with Crippen LogP contribution in [0.4, 0.5) is 5.82 Å². The Morgan fingerprint density at radius 3 is 2.47 bits per heavy atom. The molecule has 30 heavy (non-hydrogen) atoms. The Morgan fingerprint density at radius 2 is 1.73 bits per heavy atom. The van der Waals surface area contributed by atoms with Crippen LogP contribution in [0.5, 0.6) is 5.75 Å². The van der Waals surface area contributed by atoms with Crippen LogP contribution in [-0.2, 0) is 0 Å². The van der Waals surface area contributed by atoms with Crippen molar-refractivity contribution in [2.45, 2.75) is 6.04 Å². The fraction of sp³-hybridized carbons (Fsp3) is 0.333. The van der Waals surface area contributed by atoms with Gasteiger partial charge in [-0.3, -0.25) is 9.69 Å². The lowest BCUT2D eigenvalue weighted by atomic mass is 10.0. The van der Waals surface area contributed by atoms with Crippen molar-refractivity contribution < 1.29 is 9.53 Å². The predicted molar refractivity (Wildman–Crippen MR) is 118 cm³/mol. The number of nitrogens with zero attached hydrogens (tertiary/aromatic N) is 4. The number of carbonyl (C=O) groups excluding carboxylic acids is 1. The third-order valence-electron chi connectivity index (χ3n) is 6.25. The van der Waals surface area contributed by atoms with Crippen LogP contribution in [0.2, 0.25) is 0 Å². The lowest BCUT2D eigenvalue weighted by Gasteiger charge is -2.48. The van der Waals surface area contributed by atoms with Crippen molar-refractivity contribution in [2.75, 3.05) is 51.3 Å². The Bertz CT molecular complexity index is 1040. The molecule has 1 aromatic heterocycles. The Morgan fingerprint density at radius 1 is 0.967 bits per heavy atom. The molecular weight excluding hydrogens is 376 g/mol. The first-order chi connectivity index (χ1) is 14.7. The molecule has 0 bridgehead atoms. The topological polar surface area (TPSA) is 48.9 Å². The number of carbonyl (C=O) groups is 1. The molecule has 0 aliphatic carbocycles. The van der Waals surface area contributed by atoms with E-state index in [4.69, 9.17) is 4.74 Å². The zero-order chi connectivity index (χ0) is 20.5. The van der Waals surface area contributed by atoms with Crippen molar-refractivity contribution in [3.63, 3.8) is 0 Å². The maximum Gasteiger partial charge on any atom is 0.253 e. The van der Waals surface area contributed by atoms with Crippen molar-refractivity contribution >= 4 is 22.5 Å². The highest BCUT2D eigenvalue weighted by Crippen LogP contribution is 2.25. The third-order valence-corrected chi connectivity index (χ3v) is 6.25. The number of likely N-dealkylation sites (tertiary alicyclic amines) is 1. The van der Waals surface area contributed by atoms with Gasteiger partial charge in [-0.25, -0.2) is 4.98 Å². The first kappa shape index (κ1) is 18.9. The van der Waals surface area contributed by atoms with Crippen molar-refractivity contribution in [1.82, 2.24) is 14.8 Å². The maximum atomic E-state index is 12.9. The number of fused-ring (bicyclic) bond motifs is 1. The summed E-state index contributed by atoms with van der Waals surface area (Å²) >= 11 is 0. The monoisotopic (exact) mass is 402 g/mol. The summed E-state index contributed by atoms with van der Waals surface area (Å²) in [5, 5.41) is 2.14. The summed E-state index contributed by atoms with van der Waals surface area (Å²) in [5.74, 6) is 2.00. The number of rotatable bonds is 4. The second-order valence-corrected chi connectivity index (χ2v) is 8.00. The van der Waals surface area contributed by atoms with E-state index < -0.39 is 0 Å². The Balaban J connectivity index is 1.17. The lowest BCUT2D eigenvalue weighted by Crippen LogP contribution is -2.64. The zero-order valence-corrected chi connectivity index (χ0v) is 17.2. The summed E-state index contributed by atoms with van der Waals surface area (Å²) in [6, 6.07) is 18.3. The average molecular weight is 402 g/mol. The van der Waals surface area contributed by atoms with E-state index in [0.717, 1.165) is 67.2 Å². The summed E-state index contributed by atoms with van der Waals surface area (Å²) in [7, 11) is 1.66. The zero-order valence-electron chi connectivity index (χ0n) is 17.2. The molecule has 0 atom stereocenters. The van der Waals surface area contributed by atoms with E-state index in [1.807, 2.05) is 59.6 Å². The molecule has 6 nitrogen and oxygen atoms in total. The van der Waals surface area contributed by atoms with E-state index in [1.54, 1.807) is 7.11 Å². The summed E-state index contributed by atoms with van der Waals surface area (Å²) < 4.78 is 5.28. The predicted octanol–water partition coefficient (Wildman–Crippen LogP) is 2.89. The van der Waals surface area contributed by atoms with Gasteiger partial charge in [0, 0.05) is 57.1 Å². The van der Waals surface area contributed by atoms with Crippen molar-refractivity contribution in [3.05, 3.63) is 66.4 Å². The van der Waals surface area contributed by atoms with Crippen LogP contribution in [0.1, 0.15) is 10.4 Å². The van der Waals surface area contributed by atoms with E-state index in [2.05, 4.69) is 20.9 Å². The molecule has 3 heterocycles. The van der Waals surface area contributed by atoms with Gasteiger partial charge in [-0.2, -0.15) is 0 Å². The van der Waals surface area contributed by atoms with Crippen LogP contribution in [0.15, 0.2) is 60.8 Å². The van der Waals surface area contributed by atoms with Crippen molar-refractivity contribution in [3.8, 4) is 5.75 Å². The molecule has 1 amide bonds. The van der Waals surface area contributed by atoms with Crippen LogP contribution < -0.4 is 9.64 Å². The molecule has 2 saturated heterocycles. The first-order valence-electron chi connectivity index (χ1n) is 10.5. The molecule has 0 spiro atoms. The molecule has 0 unspecified atom stereocenters. The van der Waals surface area contributed by atoms with Gasteiger partial charge in [0.15, 0.2) is 0 Å². The van der Waals surface area contributed by atoms with Gasteiger partial charge in [-0.15, -0.1) is 0 Å². The SMILES string of the molecule is COc1ccc2cc(C(=O)N3CC(N4CCN(c5ccccn5)CC4)C3)ccc2c1. The number of hydrogen-bond donors (Lipinski definition) is 0. The van der Waals surface area contributed by atoms with E-state index in [0.29, 0.717) is 6.04 Å². The molecule has 0 N–H and O–H groups in total. The minimum Gasteiger partial charge on any atom is -0.497 e. The fourth-order valence-electron chi connectivity index (χ4n) is 4.38. The quantitative estimate of drug-likeness (QED) is 0.672. The van der Waals surface area contributed by atoms with Crippen molar-refractivity contribution in [2.24, 2.45) is 0 Å². The normalized spacial score (nSPS) is 17.8. The number of piperazine rings is 1. The van der Waals surface area contributed by atoms with Gasteiger partial charge < -0.3 is 14.5 Å². The minimum absolute atomic E-state index is 0.121. The highest BCUT2D eigenvalue weighted by molar-refractivity contribution is 5.99. The minimum atomic E-state index is 0.121. The Hall–Kier alpha value is -3.12. The molecule has 0 radical (unpaired) electrons. The molecule has 0 saturated carbocycles. The Labute approximate surface area is 176 Å². The van der Waals surface area contributed by atoms with Crippen LogP contribution in [0.3, 0.4) is 0 Å². The average Bonchev–Trinajstić information content (AvgIpc) is 2.78. The van der Waals surface area contributed by atoms with Gasteiger partial charge in [0.25, 0.3) is 5.91 Å². The molecule has 2 fully saturated rings. The second kappa shape index (κ2) is 7.95. The smallest absolute Gasteiger partial charge is 0.253 e. The van der Waals surface area contributed by atoms with E-state index in [1.165, 1.54) is 0 Å².